The van der Waals surface area contributed by atoms with Crippen molar-refractivity contribution in [2.45, 2.75) is 33.7 Å². The first-order valence-electron chi connectivity index (χ1n) is 7.04. The molecule has 1 aromatic rings. The first kappa shape index (κ1) is 16.4. The molecule has 0 heterocycles. The maximum atomic E-state index is 12.2. The van der Waals surface area contributed by atoms with Crippen molar-refractivity contribution in [1.29, 1.82) is 0 Å². The molecule has 4 nitrogen and oxygen atoms in total. The third kappa shape index (κ3) is 5.53. The number of benzene rings is 1. The zero-order valence-corrected chi connectivity index (χ0v) is 12.8. The first-order chi connectivity index (χ1) is 9.42. The predicted octanol–water partition coefficient (Wildman–Crippen LogP) is 2.02. The van der Waals surface area contributed by atoms with Gasteiger partial charge in [0.25, 0.3) is 0 Å². The van der Waals surface area contributed by atoms with E-state index in [1.54, 1.807) is 0 Å². The smallest absolute Gasteiger partial charge is 0.234 e. The van der Waals surface area contributed by atoms with Gasteiger partial charge in [0, 0.05) is 11.6 Å². The van der Waals surface area contributed by atoms with E-state index >= 15 is 0 Å². The number of rotatable bonds is 7. The van der Waals surface area contributed by atoms with E-state index in [0.29, 0.717) is 12.1 Å². The molecule has 1 aromatic carbocycles. The minimum atomic E-state index is -0.0430. The van der Waals surface area contributed by atoms with Gasteiger partial charge in [0.15, 0.2) is 5.78 Å². The number of nitrogens with zero attached hydrogens (tertiary/aromatic N) is 1. The van der Waals surface area contributed by atoms with Gasteiger partial charge in [-0.15, -0.1) is 0 Å². The molecule has 0 aromatic heterocycles. The number of hydrogen-bond acceptors (Lipinski definition) is 3. The van der Waals surface area contributed by atoms with Crippen LogP contribution in [0.3, 0.4) is 0 Å². The van der Waals surface area contributed by atoms with E-state index in [0.717, 1.165) is 5.56 Å². The molecule has 0 fully saturated rings. The van der Waals surface area contributed by atoms with E-state index in [-0.39, 0.29) is 30.8 Å². The lowest BCUT2D eigenvalue weighted by Gasteiger charge is -2.20. The average Bonchev–Trinajstić information content (AvgIpc) is 2.37. The van der Waals surface area contributed by atoms with Gasteiger partial charge in [-0.05, 0) is 27.3 Å². The maximum absolute atomic E-state index is 12.2. The highest BCUT2D eigenvalue weighted by Crippen LogP contribution is 2.05. The summed E-state index contributed by atoms with van der Waals surface area (Å²) in [6.07, 6.45) is 0. The van der Waals surface area contributed by atoms with Crippen molar-refractivity contribution in [3.8, 4) is 0 Å². The summed E-state index contributed by atoms with van der Waals surface area (Å²) in [5.74, 6) is 0.00255. The molecule has 110 valence electrons. The van der Waals surface area contributed by atoms with Crippen molar-refractivity contribution in [2.24, 2.45) is 0 Å². The molecule has 0 spiro atoms. The number of nitrogens with one attached hydrogen (secondary N) is 1. The Morgan fingerprint density at radius 2 is 1.75 bits per heavy atom. The molecule has 1 rings (SSSR count). The number of likely N-dealkylation sites (N-methyl/N-ethyl adjacent to an activating group) is 1. The standard InChI is InChI=1S/C16H24N2O2/c1-5-18(11-16(20)17-12(2)3)10-15(19)14-8-6-13(4)7-9-14/h6-9,12H,5,10-11H2,1-4H3,(H,17,20). The van der Waals surface area contributed by atoms with E-state index in [1.165, 1.54) is 0 Å². The summed E-state index contributed by atoms with van der Waals surface area (Å²) in [6.45, 7) is 8.98. The van der Waals surface area contributed by atoms with Crippen LogP contribution >= 0.6 is 0 Å². The highest BCUT2D eigenvalue weighted by Gasteiger charge is 2.14. The van der Waals surface area contributed by atoms with Gasteiger partial charge in [0.2, 0.25) is 5.91 Å². The Morgan fingerprint density at radius 1 is 1.15 bits per heavy atom. The van der Waals surface area contributed by atoms with Gasteiger partial charge >= 0.3 is 0 Å². The summed E-state index contributed by atoms with van der Waals surface area (Å²) in [6, 6.07) is 7.64. The largest absolute Gasteiger partial charge is 0.353 e. The molecular formula is C16H24N2O2. The lowest BCUT2D eigenvalue weighted by molar-refractivity contribution is -0.122. The number of hydrogen-bond donors (Lipinski definition) is 1. The molecule has 0 atom stereocenters. The summed E-state index contributed by atoms with van der Waals surface area (Å²) < 4.78 is 0. The van der Waals surface area contributed by atoms with Crippen molar-refractivity contribution in [3.05, 3.63) is 35.4 Å². The van der Waals surface area contributed by atoms with Crippen molar-refractivity contribution in [1.82, 2.24) is 10.2 Å². The van der Waals surface area contributed by atoms with Crippen LogP contribution < -0.4 is 5.32 Å². The summed E-state index contributed by atoms with van der Waals surface area (Å²) in [5.41, 5.74) is 1.82. The Balaban J connectivity index is 2.57. The van der Waals surface area contributed by atoms with Crippen LogP contribution in [-0.4, -0.2) is 42.3 Å². The van der Waals surface area contributed by atoms with Crippen LogP contribution in [0.4, 0.5) is 0 Å². The second-order valence-electron chi connectivity index (χ2n) is 5.31. The summed E-state index contributed by atoms with van der Waals surface area (Å²) in [7, 11) is 0. The Labute approximate surface area is 121 Å². The molecular weight excluding hydrogens is 252 g/mol. The van der Waals surface area contributed by atoms with Gasteiger partial charge < -0.3 is 5.32 Å². The van der Waals surface area contributed by atoms with Crippen LogP contribution in [0, 0.1) is 6.92 Å². The van der Waals surface area contributed by atoms with Gasteiger partial charge in [-0.25, -0.2) is 0 Å². The van der Waals surface area contributed by atoms with Gasteiger partial charge in [-0.3, -0.25) is 14.5 Å². The normalized spacial score (nSPS) is 10.9. The highest BCUT2D eigenvalue weighted by molar-refractivity contribution is 5.97. The second kappa shape index (κ2) is 7.80. The number of Topliss-reactive ketones (excluding diaryl/α,β-unsaturated/α-hetero) is 1. The average molecular weight is 276 g/mol. The molecule has 0 unspecified atom stereocenters. The van der Waals surface area contributed by atoms with Crippen molar-refractivity contribution in [2.75, 3.05) is 19.6 Å². The monoisotopic (exact) mass is 276 g/mol. The molecule has 0 aliphatic heterocycles. The minimum absolute atomic E-state index is 0.0430. The van der Waals surface area contributed by atoms with E-state index < -0.39 is 0 Å². The molecule has 0 saturated carbocycles. The molecule has 20 heavy (non-hydrogen) atoms. The summed E-state index contributed by atoms with van der Waals surface area (Å²) in [4.78, 5) is 25.7. The Kier molecular flexibility index (Phi) is 6.39. The minimum Gasteiger partial charge on any atom is -0.353 e. The SMILES string of the molecule is CCN(CC(=O)NC(C)C)CC(=O)c1ccc(C)cc1. The molecule has 1 N–H and O–H groups in total. The Morgan fingerprint density at radius 3 is 2.25 bits per heavy atom. The molecule has 1 amide bonds. The zero-order chi connectivity index (χ0) is 15.1. The molecule has 0 saturated heterocycles. The fourth-order valence-electron chi connectivity index (χ4n) is 1.88. The summed E-state index contributed by atoms with van der Waals surface area (Å²) >= 11 is 0. The molecule has 0 aliphatic carbocycles. The van der Waals surface area contributed by atoms with Gasteiger partial charge in [-0.2, -0.15) is 0 Å². The Bertz CT molecular complexity index is 452. The number of aryl methyl sites for hydroxylation is 1. The van der Waals surface area contributed by atoms with E-state index in [9.17, 15) is 9.59 Å². The lowest BCUT2D eigenvalue weighted by atomic mass is 10.1. The molecule has 0 bridgehead atoms. The Hall–Kier alpha value is -1.68. The van der Waals surface area contributed by atoms with Gasteiger partial charge in [0.05, 0.1) is 13.1 Å². The van der Waals surface area contributed by atoms with Crippen LogP contribution in [0.25, 0.3) is 0 Å². The van der Waals surface area contributed by atoms with Gasteiger partial charge in [0.1, 0.15) is 0 Å². The number of carbonyl (C=O) groups excluding carboxylic acids is 2. The third-order valence-corrected chi connectivity index (χ3v) is 3.00. The summed E-state index contributed by atoms with van der Waals surface area (Å²) in [5, 5.41) is 2.84. The van der Waals surface area contributed by atoms with Crippen LogP contribution in [0.2, 0.25) is 0 Å². The first-order valence-corrected chi connectivity index (χ1v) is 7.04. The van der Waals surface area contributed by atoms with Crippen LogP contribution in [-0.2, 0) is 4.79 Å². The molecule has 0 radical (unpaired) electrons. The number of carbonyl (C=O) groups is 2. The van der Waals surface area contributed by atoms with E-state index in [4.69, 9.17) is 0 Å². The lowest BCUT2D eigenvalue weighted by Crippen LogP contribution is -2.41. The predicted molar refractivity (Wildman–Crippen MR) is 80.9 cm³/mol. The van der Waals surface area contributed by atoms with E-state index in [2.05, 4.69) is 5.32 Å². The van der Waals surface area contributed by atoms with E-state index in [1.807, 2.05) is 56.9 Å². The number of amides is 1. The van der Waals surface area contributed by atoms with Crippen molar-refractivity contribution < 1.29 is 9.59 Å². The quantitative estimate of drug-likeness (QED) is 0.775. The van der Waals surface area contributed by atoms with Crippen molar-refractivity contribution in [3.63, 3.8) is 0 Å². The molecule has 4 heteroatoms. The topological polar surface area (TPSA) is 49.4 Å². The van der Waals surface area contributed by atoms with Crippen LogP contribution in [0.15, 0.2) is 24.3 Å². The third-order valence-electron chi connectivity index (χ3n) is 3.00. The van der Waals surface area contributed by atoms with Crippen LogP contribution in [0.5, 0.6) is 0 Å². The fourth-order valence-corrected chi connectivity index (χ4v) is 1.88. The molecule has 0 aliphatic rings. The maximum Gasteiger partial charge on any atom is 0.234 e. The second-order valence-corrected chi connectivity index (χ2v) is 5.31. The van der Waals surface area contributed by atoms with Gasteiger partial charge in [-0.1, -0.05) is 36.8 Å². The number of ketones is 1. The highest BCUT2D eigenvalue weighted by atomic mass is 16.2. The van der Waals surface area contributed by atoms with Crippen LogP contribution in [0.1, 0.15) is 36.7 Å². The van der Waals surface area contributed by atoms with Crippen molar-refractivity contribution >= 4 is 11.7 Å². The fraction of sp³-hybridized carbons (Fsp3) is 0.500. The zero-order valence-electron chi connectivity index (χ0n) is 12.8.